The zero-order valence-electron chi connectivity index (χ0n) is 15.4. The van der Waals surface area contributed by atoms with E-state index >= 15 is 0 Å². The molecule has 0 saturated heterocycles. The first kappa shape index (κ1) is 17.7. The van der Waals surface area contributed by atoms with Crippen molar-refractivity contribution in [1.82, 2.24) is 14.4 Å². The number of esters is 1. The second kappa shape index (κ2) is 7.43. The minimum atomic E-state index is -0.319. The Morgan fingerprint density at radius 3 is 2.58 bits per heavy atom. The van der Waals surface area contributed by atoms with Crippen molar-refractivity contribution >= 4 is 17.6 Å². The molecule has 0 spiro atoms. The van der Waals surface area contributed by atoms with Crippen LogP contribution in [0.3, 0.4) is 0 Å². The van der Waals surface area contributed by atoms with Crippen molar-refractivity contribution in [1.29, 1.82) is 0 Å². The summed E-state index contributed by atoms with van der Waals surface area (Å²) in [5, 5.41) is 3.16. The smallest absolute Gasteiger partial charge is 0.325 e. The van der Waals surface area contributed by atoms with Crippen molar-refractivity contribution in [3.05, 3.63) is 41.7 Å². The number of aromatic nitrogens is 3. The second-order valence-electron chi connectivity index (χ2n) is 5.87. The lowest BCUT2D eigenvalue weighted by Crippen LogP contribution is -2.18. The average Bonchev–Trinajstić information content (AvgIpc) is 2.99. The molecule has 2 aromatic heterocycles. The molecule has 0 saturated carbocycles. The molecule has 3 rings (SSSR count). The molecule has 0 aliphatic rings. The van der Waals surface area contributed by atoms with E-state index < -0.39 is 0 Å². The number of nitrogens with one attached hydrogen (secondary N) is 1. The molecular formula is C19H22N4O3. The van der Waals surface area contributed by atoms with E-state index in [9.17, 15) is 4.79 Å². The van der Waals surface area contributed by atoms with Crippen LogP contribution >= 0.6 is 0 Å². The van der Waals surface area contributed by atoms with Gasteiger partial charge in [-0.3, -0.25) is 9.20 Å². The maximum Gasteiger partial charge on any atom is 0.325 e. The molecule has 0 atom stereocenters. The quantitative estimate of drug-likeness (QED) is 0.686. The highest BCUT2D eigenvalue weighted by atomic mass is 16.5. The van der Waals surface area contributed by atoms with Crippen molar-refractivity contribution in [2.45, 2.75) is 20.8 Å². The third-order valence-electron chi connectivity index (χ3n) is 3.98. The molecule has 0 fully saturated rings. The van der Waals surface area contributed by atoms with Crippen LogP contribution in [0.4, 0.5) is 5.82 Å². The number of carbonyl (C=O) groups is 1. The Kier molecular flexibility index (Phi) is 5.06. The van der Waals surface area contributed by atoms with Gasteiger partial charge in [-0.1, -0.05) is 0 Å². The Morgan fingerprint density at radius 1 is 1.19 bits per heavy atom. The van der Waals surface area contributed by atoms with Crippen molar-refractivity contribution in [3.8, 4) is 17.0 Å². The van der Waals surface area contributed by atoms with Crippen molar-refractivity contribution in [3.63, 3.8) is 0 Å². The first-order valence-corrected chi connectivity index (χ1v) is 8.44. The third-order valence-corrected chi connectivity index (χ3v) is 3.98. The summed E-state index contributed by atoms with van der Waals surface area (Å²) in [7, 11) is 1.63. The number of aryl methyl sites for hydroxylation is 2. The molecule has 2 heterocycles. The summed E-state index contributed by atoms with van der Waals surface area (Å²) >= 11 is 0. The van der Waals surface area contributed by atoms with Crippen LogP contribution in [0.2, 0.25) is 0 Å². The predicted molar refractivity (Wildman–Crippen MR) is 99.6 cm³/mol. The monoisotopic (exact) mass is 354 g/mol. The fraction of sp³-hybridized carbons (Fsp3) is 0.316. The van der Waals surface area contributed by atoms with Crippen molar-refractivity contribution in [2.75, 3.05) is 25.6 Å². The van der Waals surface area contributed by atoms with E-state index in [0.717, 1.165) is 28.4 Å². The highest BCUT2D eigenvalue weighted by molar-refractivity contribution is 5.80. The van der Waals surface area contributed by atoms with E-state index in [2.05, 4.69) is 15.3 Å². The first-order chi connectivity index (χ1) is 12.5. The van der Waals surface area contributed by atoms with Gasteiger partial charge in [-0.05, 0) is 51.1 Å². The Hall–Kier alpha value is -3.09. The van der Waals surface area contributed by atoms with Crippen LogP contribution in [0.1, 0.15) is 18.3 Å². The van der Waals surface area contributed by atoms with Crippen molar-refractivity contribution < 1.29 is 14.3 Å². The van der Waals surface area contributed by atoms with Crippen molar-refractivity contribution in [2.24, 2.45) is 0 Å². The lowest BCUT2D eigenvalue weighted by molar-refractivity contribution is -0.140. The SMILES string of the molecule is CCOC(=O)CNc1c(-c2ccc(OC)cc2)nc2nc(C)cc(C)n12. The zero-order valence-corrected chi connectivity index (χ0v) is 15.4. The lowest BCUT2D eigenvalue weighted by atomic mass is 10.1. The molecule has 0 radical (unpaired) electrons. The van der Waals surface area contributed by atoms with Gasteiger partial charge in [0.15, 0.2) is 0 Å². The Bertz CT molecular complexity index is 932. The van der Waals surface area contributed by atoms with Gasteiger partial charge in [-0.25, -0.2) is 9.97 Å². The highest BCUT2D eigenvalue weighted by Crippen LogP contribution is 2.30. The van der Waals surface area contributed by atoms with Crippen LogP contribution in [-0.4, -0.2) is 40.6 Å². The summed E-state index contributed by atoms with van der Waals surface area (Å²) in [4.78, 5) is 21.0. The number of benzene rings is 1. The number of fused-ring (bicyclic) bond motifs is 1. The van der Waals surface area contributed by atoms with E-state index in [-0.39, 0.29) is 12.5 Å². The van der Waals surface area contributed by atoms with E-state index in [1.54, 1.807) is 14.0 Å². The molecule has 0 bridgehead atoms. The molecule has 1 aromatic carbocycles. The number of hydrogen-bond donors (Lipinski definition) is 1. The van der Waals surface area contributed by atoms with E-state index in [1.807, 2.05) is 48.6 Å². The second-order valence-corrected chi connectivity index (χ2v) is 5.87. The van der Waals surface area contributed by atoms with E-state index in [0.29, 0.717) is 18.2 Å². The molecule has 0 unspecified atom stereocenters. The topological polar surface area (TPSA) is 77.8 Å². The summed E-state index contributed by atoms with van der Waals surface area (Å²) in [5.74, 6) is 1.74. The molecule has 136 valence electrons. The van der Waals surface area contributed by atoms with Crippen LogP contribution in [0, 0.1) is 13.8 Å². The van der Waals surface area contributed by atoms with Crippen LogP contribution in [0.15, 0.2) is 30.3 Å². The van der Waals surface area contributed by atoms with E-state index in [1.165, 1.54) is 0 Å². The van der Waals surface area contributed by atoms with Crippen LogP contribution in [0.25, 0.3) is 17.0 Å². The molecule has 0 aliphatic carbocycles. The van der Waals surface area contributed by atoms with Gasteiger partial charge in [0.1, 0.15) is 23.8 Å². The molecule has 7 nitrogen and oxygen atoms in total. The number of rotatable bonds is 6. The maximum atomic E-state index is 11.8. The Labute approximate surface area is 152 Å². The largest absolute Gasteiger partial charge is 0.497 e. The number of nitrogens with zero attached hydrogens (tertiary/aromatic N) is 3. The number of hydrogen-bond acceptors (Lipinski definition) is 6. The average molecular weight is 354 g/mol. The number of carbonyl (C=O) groups excluding carboxylic acids is 1. The Balaban J connectivity index is 2.09. The van der Waals surface area contributed by atoms with Crippen LogP contribution in [-0.2, 0) is 9.53 Å². The lowest BCUT2D eigenvalue weighted by Gasteiger charge is -2.10. The third kappa shape index (κ3) is 3.46. The fourth-order valence-corrected chi connectivity index (χ4v) is 2.86. The van der Waals surface area contributed by atoms with Gasteiger partial charge >= 0.3 is 5.97 Å². The van der Waals surface area contributed by atoms with Gasteiger partial charge in [0, 0.05) is 17.0 Å². The molecule has 26 heavy (non-hydrogen) atoms. The van der Waals surface area contributed by atoms with Crippen LogP contribution in [0.5, 0.6) is 5.75 Å². The zero-order chi connectivity index (χ0) is 18.7. The summed E-state index contributed by atoms with van der Waals surface area (Å²) in [6.45, 7) is 6.10. The standard InChI is InChI=1S/C19H22N4O3/c1-5-26-16(24)11-20-18-17(14-6-8-15(25-4)9-7-14)22-19-21-12(2)10-13(3)23(18)19/h6-10,20H,5,11H2,1-4H3. The van der Waals surface area contributed by atoms with Gasteiger partial charge in [-0.15, -0.1) is 0 Å². The summed E-state index contributed by atoms with van der Waals surface area (Å²) < 4.78 is 12.1. The maximum absolute atomic E-state index is 11.8. The van der Waals surface area contributed by atoms with Gasteiger partial charge in [0.2, 0.25) is 5.78 Å². The number of anilines is 1. The van der Waals surface area contributed by atoms with Gasteiger partial charge in [-0.2, -0.15) is 0 Å². The number of imidazole rings is 1. The summed E-state index contributed by atoms with van der Waals surface area (Å²) in [6.07, 6.45) is 0. The van der Waals surface area contributed by atoms with E-state index in [4.69, 9.17) is 9.47 Å². The number of ether oxygens (including phenoxy) is 2. The highest BCUT2D eigenvalue weighted by Gasteiger charge is 2.18. The molecule has 0 aliphatic heterocycles. The molecule has 7 heteroatoms. The normalized spacial score (nSPS) is 10.8. The summed E-state index contributed by atoms with van der Waals surface area (Å²) in [6, 6.07) is 9.58. The van der Waals surface area contributed by atoms with Gasteiger partial charge < -0.3 is 14.8 Å². The Morgan fingerprint density at radius 2 is 1.92 bits per heavy atom. The minimum absolute atomic E-state index is 0.0537. The first-order valence-electron chi connectivity index (χ1n) is 8.44. The molecule has 1 N–H and O–H groups in total. The van der Waals surface area contributed by atoms with Gasteiger partial charge in [0.05, 0.1) is 13.7 Å². The summed E-state index contributed by atoms with van der Waals surface area (Å²) in [5.41, 5.74) is 3.49. The fourth-order valence-electron chi connectivity index (χ4n) is 2.86. The molecule has 3 aromatic rings. The molecular weight excluding hydrogens is 332 g/mol. The number of methoxy groups -OCH3 is 1. The molecule has 0 amide bonds. The minimum Gasteiger partial charge on any atom is -0.497 e. The van der Waals surface area contributed by atoms with Crippen LogP contribution < -0.4 is 10.1 Å². The predicted octanol–water partition coefficient (Wildman–Crippen LogP) is 3.00. The van der Waals surface area contributed by atoms with Gasteiger partial charge in [0.25, 0.3) is 0 Å².